The van der Waals surface area contributed by atoms with Crippen LogP contribution in [-0.4, -0.2) is 36.2 Å². The Morgan fingerprint density at radius 3 is 2.92 bits per heavy atom. The summed E-state index contributed by atoms with van der Waals surface area (Å²) in [5, 5.41) is 18.7. The van der Waals surface area contributed by atoms with Gasteiger partial charge in [-0.3, -0.25) is 9.36 Å². The standard InChI is InChI=1S/C17H20N6OS2/c1-11(2)23-14(7-8-18-23)19-15(24)10-26-17-21-20-16(13-4-3-9-25-13)22(17)12-5-6-12/h3-4,7-9,11-12H,5-6,10H2,1-2H3,(H,19,24). The Kier molecular flexibility index (Phi) is 4.82. The molecule has 3 aromatic rings. The molecule has 0 atom stereocenters. The van der Waals surface area contributed by atoms with E-state index in [1.165, 1.54) is 11.8 Å². The van der Waals surface area contributed by atoms with Crippen LogP contribution in [0.5, 0.6) is 0 Å². The van der Waals surface area contributed by atoms with Crippen LogP contribution in [0.15, 0.2) is 34.9 Å². The average molecular weight is 389 g/mol. The van der Waals surface area contributed by atoms with Gasteiger partial charge in [-0.25, -0.2) is 4.68 Å². The smallest absolute Gasteiger partial charge is 0.235 e. The molecule has 0 unspecified atom stereocenters. The normalized spacial score (nSPS) is 14.1. The molecule has 1 saturated carbocycles. The van der Waals surface area contributed by atoms with E-state index in [0.717, 1.165) is 28.7 Å². The van der Waals surface area contributed by atoms with Gasteiger partial charge >= 0.3 is 0 Å². The monoisotopic (exact) mass is 388 g/mol. The summed E-state index contributed by atoms with van der Waals surface area (Å²) in [7, 11) is 0. The molecule has 0 radical (unpaired) electrons. The summed E-state index contributed by atoms with van der Waals surface area (Å²) in [4.78, 5) is 13.5. The van der Waals surface area contributed by atoms with Crippen molar-refractivity contribution in [3.8, 4) is 10.7 Å². The zero-order valence-electron chi connectivity index (χ0n) is 14.6. The quantitative estimate of drug-likeness (QED) is 0.622. The van der Waals surface area contributed by atoms with Crippen LogP contribution in [-0.2, 0) is 4.79 Å². The zero-order chi connectivity index (χ0) is 18.1. The molecular weight excluding hydrogens is 368 g/mol. The average Bonchev–Trinajstić information content (AvgIpc) is 3.06. The molecule has 3 aromatic heterocycles. The number of carbonyl (C=O) groups is 1. The van der Waals surface area contributed by atoms with Crippen LogP contribution in [0, 0.1) is 0 Å². The summed E-state index contributed by atoms with van der Waals surface area (Å²) < 4.78 is 3.98. The molecule has 0 saturated heterocycles. The molecular formula is C17H20N6OS2. The van der Waals surface area contributed by atoms with E-state index in [4.69, 9.17) is 0 Å². The number of anilines is 1. The third-order valence-electron chi connectivity index (χ3n) is 4.08. The minimum absolute atomic E-state index is 0.0691. The van der Waals surface area contributed by atoms with Gasteiger partial charge in [-0.2, -0.15) is 5.10 Å². The number of rotatable bonds is 7. The molecule has 1 aliphatic rings. The molecule has 0 spiro atoms. The van der Waals surface area contributed by atoms with Crippen molar-refractivity contribution in [3.05, 3.63) is 29.8 Å². The van der Waals surface area contributed by atoms with E-state index in [9.17, 15) is 4.79 Å². The number of nitrogens with one attached hydrogen (secondary N) is 1. The molecule has 4 rings (SSSR count). The van der Waals surface area contributed by atoms with Crippen LogP contribution in [0.25, 0.3) is 10.7 Å². The summed E-state index contributed by atoms with van der Waals surface area (Å²) in [6.07, 6.45) is 3.98. The second-order valence-corrected chi connectivity index (χ2v) is 8.37. The fourth-order valence-corrected chi connectivity index (χ4v) is 4.26. The van der Waals surface area contributed by atoms with Crippen molar-refractivity contribution >= 4 is 34.8 Å². The van der Waals surface area contributed by atoms with Gasteiger partial charge in [0.05, 0.1) is 16.8 Å². The van der Waals surface area contributed by atoms with E-state index in [0.29, 0.717) is 17.6 Å². The second kappa shape index (κ2) is 7.24. The number of nitrogens with zero attached hydrogens (tertiary/aromatic N) is 5. The molecule has 9 heteroatoms. The zero-order valence-corrected chi connectivity index (χ0v) is 16.3. The number of amides is 1. The third-order valence-corrected chi connectivity index (χ3v) is 5.89. The molecule has 1 amide bonds. The van der Waals surface area contributed by atoms with Gasteiger partial charge in [0, 0.05) is 18.2 Å². The van der Waals surface area contributed by atoms with Gasteiger partial charge in [-0.05, 0) is 38.1 Å². The van der Waals surface area contributed by atoms with Crippen molar-refractivity contribution in [3.63, 3.8) is 0 Å². The molecule has 0 aromatic carbocycles. The van der Waals surface area contributed by atoms with Crippen molar-refractivity contribution in [2.24, 2.45) is 0 Å². The van der Waals surface area contributed by atoms with Crippen molar-refractivity contribution in [2.45, 2.75) is 43.9 Å². The van der Waals surface area contributed by atoms with Crippen LogP contribution in [0.3, 0.4) is 0 Å². The molecule has 7 nitrogen and oxygen atoms in total. The van der Waals surface area contributed by atoms with Gasteiger partial charge in [0.1, 0.15) is 5.82 Å². The van der Waals surface area contributed by atoms with Crippen LogP contribution in [0.2, 0.25) is 0 Å². The number of carbonyl (C=O) groups excluding carboxylic acids is 1. The third kappa shape index (κ3) is 3.54. The Balaban J connectivity index is 1.45. The van der Waals surface area contributed by atoms with E-state index in [2.05, 4.69) is 31.2 Å². The Morgan fingerprint density at radius 1 is 1.38 bits per heavy atom. The van der Waals surface area contributed by atoms with Gasteiger partial charge in [-0.1, -0.05) is 17.8 Å². The van der Waals surface area contributed by atoms with E-state index in [1.54, 1.807) is 22.2 Å². The van der Waals surface area contributed by atoms with Gasteiger partial charge < -0.3 is 5.32 Å². The predicted molar refractivity (Wildman–Crippen MR) is 104 cm³/mol. The molecule has 0 aliphatic heterocycles. The number of thioether (sulfide) groups is 1. The van der Waals surface area contributed by atoms with E-state index in [-0.39, 0.29) is 11.9 Å². The first-order valence-corrected chi connectivity index (χ1v) is 10.4. The largest absolute Gasteiger partial charge is 0.310 e. The Bertz CT molecular complexity index is 894. The lowest BCUT2D eigenvalue weighted by Crippen LogP contribution is -2.18. The van der Waals surface area contributed by atoms with E-state index in [1.807, 2.05) is 31.4 Å². The Hall–Kier alpha value is -2.13. The van der Waals surface area contributed by atoms with Crippen molar-refractivity contribution in [1.29, 1.82) is 0 Å². The highest BCUT2D eigenvalue weighted by Crippen LogP contribution is 2.41. The molecule has 26 heavy (non-hydrogen) atoms. The first kappa shape index (κ1) is 17.3. The van der Waals surface area contributed by atoms with Gasteiger partial charge in [-0.15, -0.1) is 21.5 Å². The molecule has 1 aliphatic carbocycles. The summed E-state index contributed by atoms with van der Waals surface area (Å²) in [6, 6.07) is 6.53. The lowest BCUT2D eigenvalue weighted by Gasteiger charge is -2.12. The molecule has 3 heterocycles. The van der Waals surface area contributed by atoms with Gasteiger partial charge in [0.15, 0.2) is 11.0 Å². The second-order valence-electron chi connectivity index (χ2n) is 6.48. The van der Waals surface area contributed by atoms with Crippen LogP contribution in [0.4, 0.5) is 5.82 Å². The van der Waals surface area contributed by atoms with Crippen LogP contribution in [0.1, 0.15) is 38.8 Å². The molecule has 1 fully saturated rings. The number of thiophene rings is 1. The maximum absolute atomic E-state index is 12.4. The highest BCUT2D eigenvalue weighted by Gasteiger charge is 2.30. The highest BCUT2D eigenvalue weighted by molar-refractivity contribution is 7.99. The maximum atomic E-state index is 12.4. The predicted octanol–water partition coefficient (Wildman–Crippen LogP) is 3.85. The van der Waals surface area contributed by atoms with Crippen LogP contribution < -0.4 is 5.32 Å². The number of hydrogen-bond donors (Lipinski definition) is 1. The maximum Gasteiger partial charge on any atom is 0.235 e. The number of aromatic nitrogens is 5. The number of hydrogen-bond acceptors (Lipinski definition) is 6. The first-order valence-electron chi connectivity index (χ1n) is 8.58. The minimum Gasteiger partial charge on any atom is -0.310 e. The summed E-state index contributed by atoms with van der Waals surface area (Å²) in [5.74, 6) is 1.84. The summed E-state index contributed by atoms with van der Waals surface area (Å²) in [6.45, 7) is 4.06. The van der Waals surface area contributed by atoms with Crippen molar-refractivity contribution in [2.75, 3.05) is 11.1 Å². The first-order chi connectivity index (χ1) is 12.6. The topological polar surface area (TPSA) is 77.6 Å². The lowest BCUT2D eigenvalue weighted by molar-refractivity contribution is -0.113. The van der Waals surface area contributed by atoms with Crippen LogP contribution >= 0.6 is 23.1 Å². The van der Waals surface area contributed by atoms with Crippen molar-refractivity contribution in [1.82, 2.24) is 24.5 Å². The van der Waals surface area contributed by atoms with Gasteiger partial charge in [0.2, 0.25) is 5.91 Å². The Morgan fingerprint density at radius 2 is 2.23 bits per heavy atom. The van der Waals surface area contributed by atoms with E-state index >= 15 is 0 Å². The summed E-state index contributed by atoms with van der Waals surface area (Å²) >= 11 is 3.09. The Labute approximate surface area is 159 Å². The summed E-state index contributed by atoms with van der Waals surface area (Å²) in [5.41, 5.74) is 0. The lowest BCUT2D eigenvalue weighted by atomic mass is 10.4. The molecule has 136 valence electrons. The van der Waals surface area contributed by atoms with Crippen molar-refractivity contribution < 1.29 is 4.79 Å². The fraction of sp³-hybridized carbons (Fsp3) is 0.412. The minimum atomic E-state index is -0.0691. The SMILES string of the molecule is CC(C)n1nccc1NC(=O)CSc1nnc(-c2cccs2)n1C1CC1. The van der Waals surface area contributed by atoms with Gasteiger partial charge in [0.25, 0.3) is 0 Å². The highest BCUT2D eigenvalue weighted by atomic mass is 32.2. The fourth-order valence-electron chi connectivity index (χ4n) is 2.74. The molecule has 0 bridgehead atoms. The molecule has 1 N–H and O–H groups in total. The van der Waals surface area contributed by atoms with E-state index < -0.39 is 0 Å².